The minimum atomic E-state index is -0.236. The molecule has 0 aromatic heterocycles. The Bertz CT molecular complexity index is 214. The number of hydrogen-bond donors (Lipinski definition) is 1. The maximum Gasteiger partial charge on any atom is 0.223 e. The van der Waals surface area contributed by atoms with Crippen molar-refractivity contribution in [1.82, 2.24) is 10.2 Å². The van der Waals surface area contributed by atoms with Crippen molar-refractivity contribution in [2.45, 2.75) is 32.0 Å². The van der Waals surface area contributed by atoms with Crippen molar-refractivity contribution >= 4 is 5.91 Å². The average molecular weight is 244 g/mol. The van der Waals surface area contributed by atoms with Crippen molar-refractivity contribution in [3.63, 3.8) is 0 Å². The fourth-order valence-electron chi connectivity index (χ4n) is 1.98. The third kappa shape index (κ3) is 5.48. The predicted molar refractivity (Wildman–Crippen MR) is 65.7 cm³/mol. The number of likely N-dealkylation sites (tertiary alicyclic amines) is 1. The number of nitrogens with zero attached hydrogens (tertiary/aromatic N) is 1. The molecule has 5 nitrogen and oxygen atoms in total. The highest BCUT2D eigenvalue weighted by molar-refractivity contribution is 5.76. The zero-order chi connectivity index (χ0) is 12.5. The summed E-state index contributed by atoms with van der Waals surface area (Å²) in [5, 5.41) is 3.16. The minimum Gasteiger partial charge on any atom is -0.355 e. The van der Waals surface area contributed by atoms with E-state index in [4.69, 9.17) is 9.47 Å². The van der Waals surface area contributed by atoms with Gasteiger partial charge < -0.3 is 19.7 Å². The fourth-order valence-corrected chi connectivity index (χ4v) is 1.98. The van der Waals surface area contributed by atoms with Crippen LogP contribution in [0.3, 0.4) is 0 Å². The number of piperidine rings is 1. The lowest BCUT2D eigenvalue weighted by Gasteiger charge is -2.26. The first kappa shape index (κ1) is 14.4. The van der Waals surface area contributed by atoms with E-state index >= 15 is 0 Å². The molecule has 100 valence electrons. The van der Waals surface area contributed by atoms with Crippen LogP contribution in [-0.2, 0) is 14.3 Å². The maximum atomic E-state index is 11.8. The summed E-state index contributed by atoms with van der Waals surface area (Å²) in [6.45, 7) is 3.15. The minimum absolute atomic E-state index is 0.236. The average Bonchev–Trinajstić information content (AvgIpc) is 2.40. The molecule has 0 radical (unpaired) electrons. The summed E-state index contributed by atoms with van der Waals surface area (Å²) >= 11 is 0. The molecule has 0 atom stereocenters. The van der Waals surface area contributed by atoms with Crippen LogP contribution < -0.4 is 5.32 Å². The van der Waals surface area contributed by atoms with Crippen LogP contribution in [0.25, 0.3) is 0 Å². The largest absolute Gasteiger partial charge is 0.355 e. The van der Waals surface area contributed by atoms with Gasteiger partial charge in [0.2, 0.25) is 5.91 Å². The summed E-state index contributed by atoms with van der Waals surface area (Å²) < 4.78 is 10.1. The molecular formula is C12H24N2O3. The van der Waals surface area contributed by atoms with Gasteiger partial charge in [0.05, 0.1) is 0 Å². The smallest absolute Gasteiger partial charge is 0.223 e. The first-order valence-electron chi connectivity index (χ1n) is 6.32. The number of methoxy groups -OCH3 is 2. The van der Waals surface area contributed by atoms with Crippen molar-refractivity contribution in [2.75, 3.05) is 40.4 Å². The second-order valence-corrected chi connectivity index (χ2v) is 4.30. The molecule has 0 bridgehead atoms. The summed E-state index contributed by atoms with van der Waals surface area (Å²) in [6, 6.07) is 0. The van der Waals surface area contributed by atoms with Crippen LogP contribution in [0.5, 0.6) is 0 Å². The van der Waals surface area contributed by atoms with Crippen molar-refractivity contribution in [1.29, 1.82) is 0 Å². The Hall–Kier alpha value is -0.650. The van der Waals surface area contributed by atoms with Crippen LogP contribution in [0.2, 0.25) is 0 Å². The zero-order valence-corrected chi connectivity index (χ0v) is 10.9. The third-order valence-corrected chi connectivity index (χ3v) is 3.06. The lowest BCUT2D eigenvalue weighted by atomic mass is 10.1. The number of carbonyl (C=O) groups excluding carboxylic acids is 1. The monoisotopic (exact) mass is 244 g/mol. The molecule has 0 aliphatic carbocycles. The number of rotatable bonds is 7. The number of nitrogens with one attached hydrogen (secondary N) is 1. The molecule has 1 fully saturated rings. The summed E-state index contributed by atoms with van der Waals surface area (Å²) in [5.74, 6) is 0.253. The molecule has 1 rings (SSSR count). The van der Waals surface area contributed by atoms with Crippen molar-refractivity contribution in [2.24, 2.45) is 0 Å². The molecule has 0 saturated carbocycles. The van der Waals surface area contributed by atoms with E-state index in [0.717, 1.165) is 25.9 Å². The van der Waals surface area contributed by atoms with Crippen LogP contribution in [-0.4, -0.2) is 57.5 Å². The molecule has 5 heteroatoms. The van der Waals surface area contributed by atoms with E-state index in [-0.39, 0.29) is 12.2 Å². The number of amides is 1. The van der Waals surface area contributed by atoms with E-state index in [9.17, 15) is 4.79 Å². The number of ether oxygens (including phenoxy) is 2. The van der Waals surface area contributed by atoms with Gasteiger partial charge in [0.25, 0.3) is 0 Å². The quantitative estimate of drug-likeness (QED) is 0.526. The summed E-state index contributed by atoms with van der Waals surface area (Å²) in [5.41, 5.74) is 0. The molecule has 0 unspecified atom stereocenters. The molecule has 1 aliphatic rings. The van der Waals surface area contributed by atoms with Crippen molar-refractivity contribution < 1.29 is 14.3 Å². The number of carbonyl (C=O) groups is 1. The SMILES string of the molecule is COC(CNCCC(=O)N1CCCCC1)OC. The Morgan fingerprint density at radius 1 is 1.24 bits per heavy atom. The van der Waals surface area contributed by atoms with Gasteiger partial charge in [-0.15, -0.1) is 0 Å². The zero-order valence-electron chi connectivity index (χ0n) is 10.9. The molecule has 17 heavy (non-hydrogen) atoms. The summed E-state index contributed by atoms with van der Waals surface area (Å²) in [6.07, 6.45) is 3.87. The molecular weight excluding hydrogens is 220 g/mol. The van der Waals surface area contributed by atoms with Crippen LogP contribution in [0, 0.1) is 0 Å². The lowest BCUT2D eigenvalue weighted by Crippen LogP contribution is -2.38. The highest BCUT2D eigenvalue weighted by Crippen LogP contribution is 2.09. The van der Waals surface area contributed by atoms with Crippen molar-refractivity contribution in [3.05, 3.63) is 0 Å². The van der Waals surface area contributed by atoms with Gasteiger partial charge in [-0.3, -0.25) is 4.79 Å². The Morgan fingerprint density at radius 3 is 2.47 bits per heavy atom. The maximum absolute atomic E-state index is 11.8. The van der Waals surface area contributed by atoms with E-state index in [1.807, 2.05) is 4.90 Å². The van der Waals surface area contributed by atoms with E-state index in [1.54, 1.807) is 14.2 Å². The van der Waals surface area contributed by atoms with Crippen LogP contribution >= 0.6 is 0 Å². The Kier molecular flexibility index (Phi) is 7.16. The molecule has 1 heterocycles. The van der Waals surface area contributed by atoms with Gasteiger partial charge in [-0.05, 0) is 19.3 Å². The van der Waals surface area contributed by atoms with Gasteiger partial charge in [0.1, 0.15) is 0 Å². The normalized spacial score (nSPS) is 16.5. The van der Waals surface area contributed by atoms with E-state index in [1.165, 1.54) is 6.42 Å². The number of hydrogen-bond acceptors (Lipinski definition) is 4. The first-order chi connectivity index (χ1) is 8.27. The highest BCUT2D eigenvalue weighted by atomic mass is 16.7. The van der Waals surface area contributed by atoms with Crippen LogP contribution in [0.15, 0.2) is 0 Å². The highest BCUT2D eigenvalue weighted by Gasteiger charge is 2.15. The van der Waals surface area contributed by atoms with Crippen molar-refractivity contribution in [3.8, 4) is 0 Å². The van der Waals surface area contributed by atoms with Gasteiger partial charge in [-0.2, -0.15) is 0 Å². The van der Waals surface area contributed by atoms with Crippen LogP contribution in [0.4, 0.5) is 0 Å². The predicted octanol–water partition coefficient (Wildman–Crippen LogP) is 0.598. The standard InChI is InChI=1S/C12H24N2O3/c1-16-12(17-2)10-13-7-6-11(15)14-8-4-3-5-9-14/h12-13H,3-10H2,1-2H3. The fraction of sp³-hybridized carbons (Fsp3) is 0.917. The Balaban J connectivity index is 2.07. The van der Waals surface area contributed by atoms with E-state index < -0.39 is 0 Å². The molecule has 1 N–H and O–H groups in total. The third-order valence-electron chi connectivity index (χ3n) is 3.06. The van der Waals surface area contributed by atoms with E-state index in [2.05, 4.69) is 5.32 Å². The lowest BCUT2D eigenvalue weighted by molar-refractivity contribution is -0.132. The molecule has 1 amide bonds. The first-order valence-corrected chi connectivity index (χ1v) is 6.32. The molecule has 1 saturated heterocycles. The molecule has 0 aromatic carbocycles. The molecule has 0 aromatic rings. The Morgan fingerprint density at radius 2 is 1.88 bits per heavy atom. The van der Waals surface area contributed by atoms with Gasteiger partial charge in [-0.1, -0.05) is 0 Å². The van der Waals surface area contributed by atoms with Gasteiger partial charge >= 0.3 is 0 Å². The van der Waals surface area contributed by atoms with Gasteiger partial charge in [-0.25, -0.2) is 0 Å². The summed E-state index contributed by atoms with van der Waals surface area (Å²) in [4.78, 5) is 13.8. The van der Waals surface area contributed by atoms with Crippen LogP contribution in [0.1, 0.15) is 25.7 Å². The second kappa shape index (κ2) is 8.44. The second-order valence-electron chi connectivity index (χ2n) is 4.30. The molecule has 1 aliphatic heterocycles. The topological polar surface area (TPSA) is 50.8 Å². The summed E-state index contributed by atoms with van der Waals surface area (Å²) in [7, 11) is 3.21. The van der Waals surface area contributed by atoms with Gasteiger partial charge in [0, 0.05) is 46.8 Å². The van der Waals surface area contributed by atoms with E-state index in [0.29, 0.717) is 19.5 Å². The van der Waals surface area contributed by atoms with Gasteiger partial charge in [0.15, 0.2) is 6.29 Å². The Labute approximate surface area is 103 Å². The molecule has 0 spiro atoms.